The molecule has 0 unspecified atom stereocenters. The summed E-state index contributed by atoms with van der Waals surface area (Å²) in [7, 11) is 0. The summed E-state index contributed by atoms with van der Waals surface area (Å²) >= 11 is 0. The lowest BCUT2D eigenvalue weighted by Crippen LogP contribution is -2.50. The molecule has 3 rings (SSSR count). The zero-order valence-corrected chi connectivity index (χ0v) is 17.8. The van der Waals surface area contributed by atoms with Gasteiger partial charge in [0.2, 0.25) is 0 Å². The maximum absolute atomic E-state index is 12.7. The quantitative estimate of drug-likeness (QED) is 0.768. The molecule has 4 nitrogen and oxygen atoms in total. The molecule has 0 N–H and O–H groups in total. The van der Waals surface area contributed by atoms with E-state index in [2.05, 4.69) is 62.9 Å². The molecule has 2 aromatic rings. The number of amides is 1. The Labute approximate surface area is 169 Å². The summed E-state index contributed by atoms with van der Waals surface area (Å²) < 4.78 is 5.94. The van der Waals surface area contributed by atoms with Gasteiger partial charge >= 0.3 is 0 Å². The molecule has 0 radical (unpaired) electrons. The molecule has 150 valence electrons. The molecule has 0 bridgehead atoms. The number of hydrogen-bond donors (Lipinski definition) is 0. The molecule has 0 atom stereocenters. The Kier molecular flexibility index (Phi) is 6.28. The van der Waals surface area contributed by atoms with Crippen molar-refractivity contribution in [3.05, 3.63) is 58.7 Å². The van der Waals surface area contributed by atoms with Crippen LogP contribution in [0.1, 0.15) is 42.0 Å². The summed E-state index contributed by atoms with van der Waals surface area (Å²) in [5.74, 6) is 1.26. The fourth-order valence-electron chi connectivity index (χ4n) is 3.75. The number of aryl methyl sites for hydroxylation is 2. The van der Waals surface area contributed by atoms with Gasteiger partial charge in [-0.15, -0.1) is 0 Å². The molecule has 0 saturated carbocycles. The first-order chi connectivity index (χ1) is 13.4. The summed E-state index contributed by atoms with van der Waals surface area (Å²) in [6.07, 6.45) is 0. The van der Waals surface area contributed by atoms with Crippen molar-refractivity contribution in [2.45, 2.75) is 40.5 Å². The maximum atomic E-state index is 12.7. The van der Waals surface area contributed by atoms with Crippen LogP contribution in [0.2, 0.25) is 0 Å². The van der Waals surface area contributed by atoms with Crippen molar-refractivity contribution in [1.82, 2.24) is 4.90 Å². The Bertz CT molecular complexity index is 836. The van der Waals surface area contributed by atoms with Crippen molar-refractivity contribution in [3.63, 3.8) is 0 Å². The van der Waals surface area contributed by atoms with Crippen LogP contribution in [0.5, 0.6) is 5.75 Å². The second-order valence-electron chi connectivity index (χ2n) is 8.07. The minimum Gasteiger partial charge on any atom is -0.483 e. The minimum absolute atomic E-state index is 0.0665. The number of piperazine rings is 1. The van der Waals surface area contributed by atoms with E-state index in [1.54, 1.807) is 0 Å². The number of rotatable bonds is 5. The van der Waals surface area contributed by atoms with Crippen molar-refractivity contribution in [2.24, 2.45) is 0 Å². The van der Waals surface area contributed by atoms with Gasteiger partial charge in [0.05, 0.1) is 0 Å². The molecule has 0 aromatic heterocycles. The van der Waals surface area contributed by atoms with E-state index < -0.39 is 0 Å². The van der Waals surface area contributed by atoms with Crippen LogP contribution in [-0.2, 0) is 4.79 Å². The predicted molar refractivity (Wildman–Crippen MR) is 115 cm³/mol. The van der Waals surface area contributed by atoms with Gasteiger partial charge in [-0.25, -0.2) is 0 Å². The number of anilines is 1. The standard InChI is InChI=1S/C24H32N2O2/c1-17(2)21-10-9-18(3)15-23(21)28-16-24(27)26-13-11-25(12-14-26)22-8-6-7-19(4)20(22)5/h6-10,15,17H,11-14,16H2,1-5H3. The number of ether oxygens (including phenoxy) is 1. The Hall–Kier alpha value is -2.49. The van der Waals surface area contributed by atoms with Crippen LogP contribution in [-0.4, -0.2) is 43.6 Å². The molecule has 1 aliphatic rings. The SMILES string of the molecule is Cc1ccc(C(C)C)c(OCC(=O)N2CCN(c3cccc(C)c3C)CC2)c1. The van der Waals surface area contributed by atoms with Gasteiger partial charge in [-0.05, 0) is 61.1 Å². The number of carbonyl (C=O) groups is 1. The van der Waals surface area contributed by atoms with Gasteiger partial charge in [0.15, 0.2) is 6.61 Å². The molecule has 1 heterocycles. The summed E-state index contributed by atoms with van der Waals surface area (Å²) in [6, 6.07) is 12.7. The van der Waals surface area contributed by atoms with E-state index in [-0.39, 0.29) is 12.5 Å². The monoisotopic (exact) mass is 380 g/mol. The highest BCUT2D eigenvalue weighted by molar-refractivity contribution is 5.78. The van der Waals surface area contributed by atoms with Gasteiger partial charge in [0.25, 0.3) is 5.91 Å². The summed E-state index contributed by atoms with van der Waals surface area (Å²) in [5.41, 5.74) is 6.21. The number of nitrogens with zero attached hydrogens (tertiary/aromatic N) is 2. The third kappa shape index (κ3) is 4.49. The van der Waals surface area contributed by atoms with Crippen LogP contribution in [0.15, 0.2) is 36.4 Å². The molecular weight excluding hydrogens is 348 g/mol. The zero-order valence-electron chi connectivity index (χ0n) is 17.8. The number of hydrogen-bond acceptors (Lipinski definition) is 3. The van der Waals surface area contributed by atoms with Gasteiger partial charge in [0, 0.05) is 31.9 Å². The lowest BCUT2D eigenvalue weighted by atomic mass is 10.0. The lowest BCUT2D eigenvalue weighted by molar-refractivity contribution is -0.133. The first-order valence-corrected chi connectivity index (χ1v) is 10.2. The highest BCUT2D eigenvalue weighted by atomic mass is 16.5. The van der Waals surface area contributed by atoms with Gasteiger partial charge in [-0.2, -0.15) is 0 Å². The van der Waals surface area contributed by atoms with Gasteiger partial charge < -0.3 is 14.5 Å². The van der Waals surface area contributed by atoms with Crippen molar-refractivity contribution in [3.8, 4) is 5.75 Å². The fraction of sp³-hybridized carbons (Fsp3) is 0.458. The first-order valence-electron chi connectivity index (χ1n) is 10.2. The smallest absolute Gasteiger partial charge is 0.260 e. The van der Waals surface area contributed by atoms with E-state index in [0.29, 0.717) is 5.92 Å². The van der Waals surface area contributed by atoms with Crippen molar-refractivity contribution >= 4 is 11.6 Å². The Morgan fingerprint density at radius 1 is 1.04 bits per heavy atom. The highest BCUT2D eigenvalue weighted by Crippen LogP contribution is 2.28. The third-order valence-electron chi connectivity index (χ3n) is 5.69. The largest absolute Gasteiger partial charge is 0.483 e. The molecule has 0 aliphatic carbocycles. The molecule has 1 fully saturated rings. The van der Waals surface area contributed by atoms with Crippen molar-refractivity contribution in [1.29, 1.82) is 0 Å². The highest BCUT2D eigenvalue weighted by Gasteiger charge is 2.23. The van der Waals surface area contributed by atoms with Crippen molar-refractivity contribution in [2.75, 3.05) is 37.7 Å². The van der Waals surface area contributed by atoms with Crippen LogP contribution >= 0.6 is 0 Å². The molecular formula is C24H32N2O2. The van der Waals surface area contributed by atoms with Crippen molar-refractivity contribution < 1.29 is 9.53 Å². The maximum Gasteiger partial charge on any atom is 0.260 e. The van der Waals surface area contributed by atoms with E-state index in [4.69, 9.17) is 4.74 Å². The molecule has 1 aliphatic heterocycles. The van der Waals surface area contributed by atoms with Gasteiger partial charge in [0.1, 0.15) is 5.75 Å². The molecule has 1 saturated heterocycles. The van der Waals surface area contributed by atoms with Crippen LogP contribution in [0, 0.1) is 20.8 Å². The van der Waals surface area contributed by atoms with Gasteiger partial charge in [-0.1, -0.05) is 38.1 Å². The summed E-state index contributed by atoms with van der Waals surface area (Å²) in [5, 5.41) is 0. The van der Waals surface area contributed by atoms with E-state index >= 15 is 0 Å². The van der Waals surface area contributed by atoms with E-state index in [1.807, 2.05) is 17.9 Å². The van der Waals surface area contributed by atoms with E-state index in [9.17, 15) is 4.79 Å². The Balaban J connectivity index is 1.58. The topological polar surface area (TPSA) is 32.8 Å². The number of carbonyl (C=O) groups excluding carboxylic acids is 1. The van der Waals surface area contributed by atoms with E-state index in [0.717, 1.165) is 43.1 Å². The second kappa shape index (κ2) is 8.68. The van der Waals surface area contributed by atoms with Crippen LogP contribution in [0.3, 0.4) is 0 Å². The average molecular weight is 381 g/mol. The lowest BCUT2D eigenvalue weighted by Gasteiger charge is -2.37. The van der Waals surface area contributed by atoms with E-state index in [1.165, 1.54) is 16.8 Å². The summed E-state index contributed by atoms with van der Waals surface area (Å²) in [4.78, 5) is 17.0. The fourth-order valence-corrected chi connectivity index (χ4v) is 3.75. The Morgan fingerprint density at radius 3 is 2.43 bits per heavy atom. The normalized spacial score (nSPS) is 14.5. The van der Waals surface area contributed by atoms with Crippen LogP contribution in [0.25, 0.3) is 0 Å². The molecule has 1 amide bonds. The van der Waals surface area contributed by atoms with Crippen LogP contribution in [0.4, 0.5) is 5.69 Å². The molecule has 0 spiro atoms. The first kappa shape index (κ1) is 20.2. The summed E-state index contributed by atoms with van der Waals surface area (Å²) in [6.45, 7) is 13.9. The molecule has 2 aromatic carbocycles. The molecule has 28 heavy (non-hydrogen) atoms. The van der Waals surface area contributed by atoms with Crippen LogP contribution < -0.4 is 9.64 Å². The predicted octanol–water partition coefficient (Wildman–Crippen LogP) is 4.46. The zero-order chi connectivity index (χ0) is 20.3. The van der Waals surface area contributed by atoms with Gasteiger partial charge in [-0.3, -0.25) is 4.79 Å². The third-order valence-corrected chi connectivity index (χ3v) is 5.69. The molecule has 4 heteroatoms. The minimum atomic E-state index is 0.0665. The Morgan fingerprint density at radius 2 is 1.75 bits per heavy atom. The number of benzene rings is 2. The second-order valence-corrected chi connectivity index (χ2v) is 8.07. The average Bonchev–Trinajstić information content (AvgIpc) is 2.68.